The fourth-order valence-corrected chi connectivity index (χ4v) is 2.46. The maximum atomic E-state index is 12.6. The number of ether oxygens (including phenoxy) is 1. The molecule has 1 atom stereocenters. The van der Waals surface area contributed by atoms with Crippen molar-refractivity contribution in [2.75, 3.05) is 13.2 Å². The third-order valence-electron chi connectivity index (χ3n) is 3.93. The predicted molar refractivity (Wildman–Crippen MR) is 87.5 cm³/mol. The molecule has 1 aliphatic carbocycles. The van der Waals surface area contributed by atoms with Gasteiger partial charge in [0.15, 0.2) is 0 Å². The zero-order chi connectivity index (χ0) is 16.8. The van der Waals surface area contributed by atoms with Crippen molar-refractivity contribution in [1.29, 1.82) is 0 Å². The Kier molecular flexibility index (Phi) is 6.02. The lowest BCUT2D eigenvalue weighted by Crippen LogP contribution is -2.39. The molecule has 0 saturated heterocycles. The lowest BCUT2D eigenvalue weighted by atomic mass is 10.1. The third-order valence-corrected chi connectivity index (χ3v) is 3.93. The Morgan fingerprint density at radius 3 is 2.74 bits per heavy atom. The van der Waals surface area contributed by atoms with Gasteiger partial charge in [0.25, 0.3) is 0 Å². The average molecular weight is 319 g/mol. The number of rotatable bonds is 9. The lowest BCUT2D eigenvalue weighted by molar-refractivity contribution is -0.143. The van der Waals surface area contributed by atoms with E-state index in [1.54, 1.807) is 11.8 Å². The highest BCUT2D eigenvalue weighted by Gasteiger charge is 2.34. The summed E-state index contributed by atoms with van der Waals surface area (Å²) >= 11 is 0. The minimum Gasteiger partial charge on any atom is -0.494 e. The van der Waals surface area contributed by atoms with Crippen molar-refractivity contribution in [3.8, 4) is 5.75 Å². The molecule has 0 spiro atoms. The fourth-order valence-electron chi connectivity index (χ4n) is 2.46. The molecule has 1 aliphatic rings. The molecular formula is C18H25NO4. The van der Waals surface area contributed by atoms with E-state index >= 15 is 0 Å². The molecule has 2 rings (SSSR count). The smallest absolute Gasteiger partial charge is 0.308 e. The van der Waals surface area contributed by atoms with Gasteiger partial charge in [0.1, 0.15) is 5.75 Å². The van der Waals surface area contributed by atoms with E-state index in [4.69, 9.17) is 9.84 Å². The number of hydrogen-bond donors (Lipinski definition) is 1. The number of carboxylic acids is 1. The Morgan fingerprint density at radius 2 is 2.13 bits per heavy atom. The second-order valence-corrected chi connectivity index (χ2v) is 6.19. The van der Waals surface area contributed by atoms with Crippen LogP contribution in [0.15, 0.2) is 24.3 Å². The van der Waals surface area contributed by atoms with Crippen molar-refractivity contribution in [3.05, 3.63) is 29.8 Å². The van der Waals surface area contributed by atoms with Crippen LogP contribution in [0, 0.1) is 5.92 Å². The molecule has 1 aromatic carbocycles. The zero-order valence-electron chi connectivity index (χ0n) is 13.8. The molecule has 0 aromatic heterocycles. The number of hydrogen-bond acceptors (Lipinski definition) is 3. The van der Waals surface area contributed by atoms with E-state index in [1.807, 2.05) is 31.2 Å². The number of aliphatic carboxylic acids is 1. The second kappa shape index (κ2) is 7.99. The first-order valence-corrected chi connectivity index (χ1v) is 8.25. The molecule has 5 nitrogen and oxygen atoms in total. The molecule has 0 heterocycles. The van der Waals surface area contributed by atoms with E-state index in [9.17, 15) is 9.59 Å². The quantitative estimate of drug-likeness (QED) is 0.760. The van der Waals surface area contributed by atoms with Crippen LogP contribution in [-0.4, -0.2) is 41.1 Å². The fraction of sp³-hybridized carbons (Fsp3) is 0.556. The van der Waals surface area contributed by atoms with Gasteiger partial charge in [-0.15, -0.1) is 0 Å². The molecule has 1 amide bonds. The molecule has 1 aromatic rings. The molecule has 23 heavy (non-hydrogen) atoms. The van der Waals surface area contributed by atoms with Gasteiger partial charge in [0.05, 0.1) is 18.9 Å². The van der Waals surface area contributed by atoms with Gasteiger partial charge in [-0.2, -0.15) is 0 Å². The summed E-state index contributed by atoms with van der Waals surface area (Å²) in [6, 6.07) is 7.77. The average Bonchev–Trinajstić information content (AvgIpc) is 3.35. The Morgan fingerprint density at radius 1 is 1.39 bits per heavy atom. The predicted octanol–water partition coefficient (Wildman–Crippen LogP) is 2.73. The minimum atomic E-state index is -0.863. The molecule has 0 radical (unpaired) electrons. The van der Waals surface area contributed by atoms with Gasteiger partial charge in [-0.1, -0.05) is 26.0 Å². The number of amides is 1. The van der Waals surface area contributed by atoms with Crippen molar-refractivity contribution >= 4 is 11.9 Å². The summed E-state index contributed by atoms with van der Waals surface area (Å²) in [5.74, 6) is -0.639. The third kappa shape index (κ3) is 5.27. The van der Waals surface area contributed by atoms with Gasteiger partial charge >= 0.3 is 5.97 Å². The molecule has 0 bridgehead atoms. The van der Waals surface area contributed by atoms with Crippen LogP contribution in [0.2, 0.25) is 0 Å². The summed E-state index contributed by atoms with van der Waals surface area (Å²) in [5, 5.41) is 9.07. The highest BCUT2D eigenvalue weighted by atomic mass is 16.5. The van der Waals surface area contributed by atoms with Gasteiger partial charge < -0.3 is 14.7 Å². The first-order valence-electron chi connectivity index (χ1n) is 8.25. The van der Waals surface area contributed by atoms with E-state index in [1.165, 1.54) is 0 Å². The number of carbonyl (C=O) groups is 2. The molecule has 1 unspecified atom stereocenters. The first-order chi connectivity index (χ1) is 11.0. The Balaban J connectivity index is 1.99. The molecule has 0 aliphatic heterocycles. The van der Waals surface area contributed by atoms with E-state index in [0.717, 1.165) is 30.6 Å². The minimum absolute atomic E-state index is 0.00626. The summed E-state index contributed by atoms with van der Waals surface area (Å²) in [5.41, 5.74) is 0.900. The van der Waals surface area contributed by atoms with Crippen LogP contribution >= 0.6 is 0 Å². The topological polar surface area (TPSA) is 66.8 Å². The van der Waals surface area contributed by atoms with E-state index in [0.29, 0.717) is 6.61 Å². The van der Waals surface area contributed by atoms with Crippen LogP contribution in [-0.2, 0) is 16.0 Å². The number of nitrogens with zero attached hydrogens (tertiary/aromatic N) is 1. The van der Waals surface area contributed by atoms with Crippen molar-refractivity contribution in [3.63, 3.8) is 0 Å². The van der Waals surface area contributed by atoms with E-state index in [2.05, 4.69) is 0 Å². The SMILES string of the molecule is CCCOc1cccc(CC(=O)N(CC(C)C(=O)O)C2CC2)c1. The van der Waals surface area contributed by atoms with E-state index < -0.39 is 11.9 Å². The van der Waals surface area contributed by atoms with Crippen molar-refractivity contribution in [1.82, 2.24) is 4.90 Å². The Labute approximate surface area is 137 Å². The van der Waals surface area contributed by atoms with Crippen LogP contribution in [0.4, 0.5) is 0 Å². The summed E-state index contributed by atoms with van der Waals surface area (Å²) in [4.78, 5) is 25.4. The highest BCUT2D eigenvalue weighted by molar-refractivity contribution is 5.80. The molecular weight excluding hydrogens is 294 g/mol. The monoisotopic (exact) mass is 319 g/mol. The number of carboxylic acid groups (broad SMARTS) is 1. The van der Waals surface area contributed by atoms with Crippen LogP contribution in [0.5, 0.6) is 5.75 Å². The van der Waals surface area contributed by atoms with Gasteiger partial charge in [0, 0.05) is 12.6 Å². The summed E-state index contributed by atoms with van der Waals surface area (Å²) in [6.45, 7) is 4.63. The largest absolute Gasteiger partial charge is 0.494 e. The van der Waals surface area contributed by atoms with Gasteiger partial charge in [0.2, 0.25) is 5.91 Å². The summed E-state index contributed by atoms with van der Waals surface area (Å²) in [6.07, 6.45) is 3.16. The summed E-state index contributed by atoms with van der Waals surface area (Å²) < 4.78 is 5.59. The van der Waals surface area contributed by atoms with Crippen LogP contribution in [0.1, 0.15) is 38.7 Å². The molecule has 126 valence electrons. The van der Waals surface area contributed by atoms with Gasteiger partial charge in [-0.05, 0) is 37.0 Å². The lowest BCUT2D eigenvalue weighted by Gasteiger charge is -2.24. The van der Waals surface area contributed by atoms with Crippen LogP contribution < -0.4 is 4.74 Å². The Hall–Kier alpha value is -2.04. The number of benzene rings is 1. The first kappa shape index (κ1) is 17.3. The number of carbonyl (C=O) groups excluding carboxylic acids is 1. The van der Waals surface area contributed by atoms with Crippen molar-refractivity contribution < 1.29 is 19.4 Å². The van der Waals surface area contributed by atoms with Gasteiger partial charge in [-0.3, -0.25) is 9.59 Å². The second-order valence-electron chi connectivity index (χ2n) is 6.19. The van der Waals surface area contributed by atoms with Crippen LogP contribution in [0.25, 0.3) is 0 Å². The molecule has 1 fully saturated rings. The molecule has 1 saturated carbocycles. The molecule has 5 heteroatoms. The maximum absolute atomic E-state index is 12.6. The van der Waals surface area contributed by atoms with Crippen molar-refractivity contribution in [2.24, 2.45) is 5.92 Å². The molecule has 1 N–H and O–H groups in total. The Bertz CT molecular complexity index is 554. The highest BCUT2D eigenvalue weighted by Crippen LogP contribution is 2.28. The standard InChI is InChI=1S/C18H25NO4/c1-3-9-23-16-6-4-5-14(10-16)11-17(20)19(15-7-8-15)12-13(2)18(21)22/h4-6,10,13,15H,3,7-9,11-12H2,1-2H3,(H,21,22). The summed E-state index contributed by atoms with van der Waals surface area (Å²) in [7, 11) is 0. The van der Waals surface area contributed by atoms with E-state index in [-0.39, 0.29) is 24.9 Å². The van der Waals surface area contributed by atoms with Gasteiger partial charge in [-0.25, -0.2) is 0 Å². The van der Waals surface area contributed by atoms with Crippen molar-refractivity contribution in [2.45, 2.75) is 45.6 Å². The zero-order valence-corrected chi connectivity index (χ0v) is 13.8. The van der Waals surface area contributed by atoms with Crippen LogP contribution in [0.3, 0.4) is 0 Å². The maximum Gasteiger partial charge on any atom is 0.308 e. The normalized spacial score (nSPS) is 15.0.